The van der Waals surface area contributed by atoms with E-state index in [2.05, 4.69) is 5.32 Å². The van der Waals surface area contributed by atoms with Gasteiger partial charge in [0.25, 0.3) is 0 Å². The van der Waals surface area contributed by atoms with Crippen LogP contribution in [0, 0.1) is 0 Å². The molecule has 7 heteroatoms. The van der Waals surface area contributed by atoms with Crippen LogP contribution in [0.15, 0.2) is 0 Å². The van der Waals surface area contributed by atoms with Crippen molar-refractivity contribution in [3.05, 3.63) is 0 Å². The van der Waals surface area contributed by atoms with Gasteiger partial charge in [-0.1, -0.05) is 0 Å². The largest absolute Gasteiger partial charge is 0.401 e. The summed E-state index contributed by atoms with van der Waals surface area (Å²) in [5.41, 5.74) is -0.844. The standard InChI is InChI=1S/C13H23F3N2O2/c1-10-12(19,4-7-20-10)8-17-11-2-5-18(6-3-11)9-13(14,15)16/h10-11,17,19H,2-9H2,1H3. The summed E-state index contributed by atoms with van der Waals surface area (Å²) in [6, 6.07) is 0.177. The van der Waals surface area contributed by atoms with Crippen LogP contribution in [0.1, 0.15) is 26.2 Å². The molecule has 0 bridgehead atoms. The van der Waals surface area contributed by atoms with Crippen molar-refractivity contribution in [3.8, 4) is 0 Å². The van der Waals surface area contributed by atoms with Gasteiger partial charge < -0.3 is 15.2 Å². The minimum absolute atomic E-state index is 0.177. The van der Waals surface area contributed by atoms with Crippen LogP contribution < -0.4 is 5.32 Å². The van der Waals surface area contributed by atoms with Crippen LogP contribution in [0.5, 0.6) is 0 Å². The van der Waals surface area contributed by atoms with E-state index in [1.54, 1.807) is 0 Å². The number of nitrogens with zero attached hydrogens (tertiary/aromatic N) is 1. The third-order valence-corrected chi connectivity index (χ3v) is 4.35. The summed E-state index contributed by atoms with van der Waals surface area (Å²) >= 11 is 0. The maximum Gasteiger partial charge on any atom is 0.401 e. The summed E-state index contributed by atoms with van der Waals surface area (Å²) in [5, 5.41) is 13.6. The van der Waals surface area contributed by atoms with Gasteiger partial charge in [-0.05, 0) is 32.9 Å². The Balaban J connectivity index is 1.70. The summed E-state index contributed by atoms with van der Waals surface area (Å²) in [6.07, 6.45) is -2.34. The van der Waals surface area contributed by atoms with Crippen LogP contribution in [0.2, 0.25) is 0 Å². The highest BCUT2D eigenvalue weighted by molar-refractivity contribution is 4.93. The highest BCUT2D eigenvalue weighted by atomic mass is 19.4. The number of alkyl halides is 3. The van der Waals surface area contributed by atoms with Crippen LogP contribution in [0.4, 0.5) is 13.2 Å². The number of hydrogen-bond donors (Lipinski definition) is 2. The Hall–Kier alpha value is -0.370. The minimum Gasteiger partial charge on any atom is -0.386 e. The molecule has 4 nitrogen and oxygen atoms in total. The molecule has 0 saturated carbocycles. The van der Waals surface area contributed by atoms with Crippen LogP contribution in [0.3, 0.4) is 0 Å². The van der Waals surface area contributed by atoms with Gasteiger partial charge in [0, 0.05) is 25.6 Å². The van der Waals surface area contributed by atoms with Crippen molar-refractivity contribution in [2.75, 3.05) is 32.8 Å². The fourth-order valence-electron chi connectivity index (χ4n) is 2.87. The first-order valence-electron chi connectivity index (χ1n) is 7.15. The molecular formula is C13H23F3N2O2. The zero-order valence-electron chi connectivity index (χ0n) is 11.7. The van der Waals surface area contributed by atoms with Crippen molar-refractivity contribution in [1.82, 2.24) is 10.2 Å². The predicted molar refractivity (Wildman–Crippen MR) is 68.5 cm³/mol. The third kappa shape index (κ3) is 4.31. The molecule has 0 aromatic heterocycles. The molecule has 2 fully saturated rings. The van der Waals surface area contributed by atoms with Crippen LogP contribution in [0.25, 0.3) is 0 Å². The topological polar surface area (TPSA) is 44.7 Å². The van der Waals surface area contributed by atoms with Gasteiger partial charge >= 0.3 is 6.18 Å². The average molecular weight is 296 g/mol. The van der Waals surface area contributed by atoms with Crippen LogP contribution in [-0.4, -0.2) is 66.7 Å². The summed E-state index contributed by atoms with van der Waals surface area (Å²) in [5.74, 6) is 0. The summed E-state index contributed by atoms with van der Waals surface area (Å²) < 4.78 is 42.2. The lowest BCUT2D eigenvalue weighted by molar-refractivity contribution is -0.148. The summed E-state index contributed by atoms with van der Waals surface area (Å²) in [6.45, 7) is 2.92. The van der Waals surface area contributed by atoms with Crippen molar-refractivity contribution in [2.45, 2.75) is 50.1 Å². The van der Waals surface area contributed by atoms with Gasteiger partial charge in [-0.15, -0.1) is 0 Å². The second-order valence-corrected chi connectivity index (χ2v) is 5.91. The first-order chi connectivity index (χ1) is 9.28. The lowest BCUT2D eigenvalue weighted by Crippen LogP contribution is -2.51. The van der Waals surface area contributed by atoms with E-state index in [0.717, 1.165) is 0 Å². The van der Waals surface area contributed by atoms with Gasteiger partial charge in [0.2, 0.25) is 0 Å². The number of piperidine rings is 1. The summed E-state index contributed by atoms with van der Waals surface area (Å²) in [7, 11) is 0. The highest BCUT2D eigenvalue weighted by Gasteiger charge is 2.40. The molecule has 0 amide bonds. The van der Waals surface area contributed by atoms with Crippen LogP contribution >= 0.6 is 0 Å². The Morgan fingerprint density at radius 1 is 1.35 bits per heavy atom. The monoisotopic (exact) mass is 296 g/mol. The molecule has 20 heavy (non-hydrogen) atoms. The second kappa shape index (κ2) is 6.17. The first-order valence-corrected chi connectivity index (χ1v) is 7.15. The lowest BCUT2D eigenvalue weighted by Gasteiger charge is -2.35. The molecule has 2 aliphatic heterocycles. The smallest absolute Gasteiger partial charge is 0.386 e. The van der Waals surface area contributed by atoms with Crippen molar-refractivity contribution < 1.29 is 23.0 Å². The third-order valence-electron chi connectivity index (χ3n) is 4.35. The number of likely N-dealkylation sites (tertiary alicyclic amines) is 1. The fraction of sp³-hybridized carbons (Fsp3) is 1.00. The molecule has 2 N–H and O–H groups in total. The molecule has 2 atom stereocenters. The molecule has 118 valence electrons. The van der Waals surface area contributed by atoms with Gasteiger partial charge in [0.15, 0.2) is 0 Å². The number of rotatable bonds is 4. The average Bonchev–Trinajstić information content (AvgIpc) is 2.68. The van der Waals surface area contributed by atoms with Gasteiger partial charge in [0.1, 0.15) is 5.60 Å². The molecule has 0 spiro atoms. The second-order valence-electron chi connectivity index (χ2n) is 5.91. The van der Waals surface area contributed by atoms with Crippen LogP contribution in [-0.2, 0) is 4.74 Å². The first kappa shape index (κ1) is 16.0. The Kier molecular flexibility index (Phi) is 4.94. The minimum atomic E-state index is -4.12. The Morgan fingerprint density at radius 3 is 2.50 bits per heavy atom. The Morgan fingerprint density at radius 2 is 2.00 bits per heavy atom. The number of halogens is 3. The zero-order chi connectivity index (χ0) is 14.8. The fourth-order valence-corrected chi connectivity index (χ4v) is 2.87. The van der Waals surface area contributed by atoms with E-state index in [9.17, 15) is 18.3 Å². The molecule has 2 heterocycles. The molecule has 2 unspecified atom stereocenters. The van der Waals surface area contributed by atoms with Gasteiger partial charge in [0.05, 0.1) is 12.6 Å². The van der Waals surface area contributed by atoms with E-state index in [1.807, 2.05) is 6.92 Å². The quantitative estimate of drug-likeness (QED) is 0.817. The number of aliphatic hydroxyl groups is 1. The molecular weight excluding hydrogens is 273 g/mol. The van der Waals surface area contributed by atoms with E-state index >= 15 is 0 Å². The number of hydrogen-bond acceptors (Lipinski definition) is 4. The van der Waals surface area contributed by atoms with Gasteiger partial charge in [-0.2, -0.15) is 13.2 Å². The summed E-state index contributed by atoms with van der Waals surface area (Å²) in [4.78, 5) is 1.44. The van der Waals surface area contributed by atoms with E-state index < -0.39 is 18.3 Å². The number of nitrogens with one attached hydrogen (secondary N) is 1. The lowest BCUT2D eigenvalue weighted by atomic mass is 9.95. The predicted octanol–water partition coefficient (Wildman–Crippen LogP) is 1.14. The van der Waals surface area contributed by atoms with Crippen molar-refractivity contribution in [1.29, 1.82) is 0 Å². The Bertz CT molecular complexity index is 319. The molecule has 2 rings (SSSR count). The van der Waals surface area contributed by atoms with E-state index in [0.29, 0.717) is 45.5 Å². The highest BCUT2D eigenvalue weighted by Crippen LogP contribution is 2.25. The Labute approximate surface area is 117 Å². The number of ether oxygens (including phenoxy) is 1. The normalized spacial score (nSPS) is 33.8. The molecule has 2 saturated heterocycles. The molecule has 0 radical (unpaired) electrons. The van der Waals surface area contributed by atoms with Crippen molar-refractivity contribution >= 4 is 0 Å². The van der Waals surface area contributed by atoms with E-state index in [4.69, 9.17) is 4.74 Å². The van der Waals surface area contributed by atoms with Crippen molar-refractivity contribution in [3.63, 3.8) is 0 Å². The zero-order valence-corrected chi connectivity index (χ0v) is 11.7. The van der Waals surface area contributed by atoms with Crippen molar-refractivity contribution in [2.24, 2.45) is 0 Å². The van der Waals surface area contributed by atoms with Gasteiger partial charge in [-0.25, -0.2) is 0 Å². The SMILES string of the molecule is CC1OCCC1(O)CNC1CCN(CC(F)(F)F)CC1. The van der Waals surface area contributed by atoms with Gasteiger partial charge in [-0.3, -0.25) is 4.90 Å². The molecule has 2 aliphatic rings. The molecule has 0 aromatic rings. The van der Waals surface area contributed by atoms with E-state index in [1.165, 1.54) is 4.90 Å². The molecule has 0 aromatic carbocycles. The maximum absolute atomic E-state index is 12.3. The van der Waals surface area contributed by atoms with E-state index in [-0.39, 0.29) is 12.1 Å². The maximum atomic E-state index is 12.3. The molecule has 0 aliphatic carbocycles.